The number of halogens is 1. The van der Waals surface area contributed by atoms with Crippen LogP contribution in [0, 0.1) is 0 Å². The first-order chi connectivity index (χ1) is 10.1. The minimum Gasteiger partial charge on any atom is -0.442 e. The van der Waals surface area contributed by atoms with Crippen LogP contribution in [0.5, 0.6) is 0 Å². The second-order valence-corrected chi connectivity index (χ2v) is 10.1. The van der Waals surface area contributed by atoms with Gasteiger partial charge in [0, 0.05) is 22.4 Å². The molecule has 12 heteroatoms. The van der Waals surface area contributed by atoms with Gasteiger partial charge in [0.05, 0.1) is 25.3 Å². The number of carbonyl (C=O) groups excluding carboxylic acids is 1. The van der Waals surface area contributed by atoms with Gasteiger partial charge in [-0.3, -0.25) is 4.18 Å². The summed E-state index contributed by atoms with van der Waals surface area (Å²) < 4.78 is 51.0. The molecule has 0 amide bonds. The molecule has 134 valence electrons. The first kappa shape index (κ1) is 21.8. The van der Waals surface area contributed by atoms with Gasteiger partial charge < -0.3 is 4.74 Å². The van der Waals surface area contributed by atoms with Crippen molar-refractivity contribution in [2.24, 2.45) is 0 Å². The largest absolute Gasteiger partial charge is 0.442 e. The van der Waals surface area contributed by atoms with E-state index < -0.39 is 30.9 Å². The van der Waals surface area contributed by atoms with Crippen molar-refractivity contribution in [3.63, 3.8) is 0 Å². The highest BCUT2D eigenvalue weighted by molar-refractivity contribution is 8.13. The zero-order chi connectivity index (χ0) is 18.5. The van der Waals surface area contributed by atoms with Gasteiger partial charge >= 0.3 is 6.09 Å². The number of hydrogen-bond acceptors (Lipinski definition) is 8. The molecule has 1 heterocycles. The Morgan fingerprint density at radius 1 is 1.26 bits per heavy atom. The first-order valence-electron chi connectivity index (χ1n) is 6.08. The molecule has 0 spiro atoms. The van der Waals surface area contributed by atoms with Gasteiger partial charge in [-0.15, -0.1) is 0 Å². The van der Waals surface area contributed by atoms with Crippen molar-refractivity contribution in [2.75, 3.05) is 12.5 Å². The molecule has 0 N–H and O–H groups in total. The minimum absolute atomic E-state index is 0.165. The fraction of sp³-hybridized carbons (Fsp3) is 0.636. The standard InChI is InChI=1S/C10H16N2O5S.CH3ClO2S/c1-10(2,3)17-9(13)12-6-8(5-11-12)7-16-18(4,14)15;1-5(2,3)4/h5-6H,7H2,1-4H3;1H3. The third-order valence-corrected chi connectivity index (χ3v) is 2.20. The molecule has 0 aliphatic rings. The number of carbonyl (C=O) groups is 1. The van der Waals surface area contributed by atoms with Crippen LogP contribution >= 0.6 is 10.7 Å². The quantitative estimate of drug-likeness (QED) is 0.559. The van der Waals surface area contributed by atoms with Crippen LogP contribution in [-0.4, -0.2) is 50.8 Å². The summed E-state index contributed by atoms with van der Waals surface area (Å²) >= 11 is 0. The molecule has 1 aromatic heterocycles. The van der Waals surface area contributed by atoms with Crippen LogP contribution in [0.2, 0.25) is 0 Å². The molecule has 9 nitrogen and oxygen atoms in total. The number of ether oxygens (including phenoxy) is 1. The fourth-order valence-corrected chi connectivity index (χ4v) is 1.37. The zero-order valence-corrected chi connectivity index (χ0v) is 15.7. The lowest BCUT2D eigenvalue weighted by Crippen LogP contribution is -2.27. The molecule has 0 atom stereocenters. The van der Waals surface area contributed by atoms with Gasteiger partial charge in [-0.25, -0.2) is 13.2 Å². The number of hydrogen-bond donors (Lipinski definition) is 0. The molecule has 0 aliphatic heterocycles. The minimum atomic E-state index is -3.52. The number of aromatic nitrogens is 2. The Morgan fingerprint density at radius 3 is 2.13 bits per heavy atom. The van der Waals surface area contributed by atoms with Crippen LogP contribution in [0.3, 0.4) is 0 Å². The average Bonchev–Trinajstić information content (AvgIpc) is 2.69. The van der Waals surface area contributed by atoms with Gasteiger partial charge in [-0.05, 0) is 20.8 Å². The van der Waals surface area contributed by atoms with E-state index in [0.717, 1.165) is 17.2 Å². The Bertz CT molecular complexity index is 725. The maximum absolute atomic E-state index is 11.6. The number of nitrogens with zero attached hydrogens (tertiary/aromatic N) is 2. The molecule has 1 aromatic rings. The lowest BCUT2D eigenvalue weighted by molar-refractivity contribution is 0.0514. The summed E-state index contributed by atoms with van der Waals surface area (Å²) in [6.07, 6.45) is 3.95. The topological polar surface area (TPSA) is 122 Å². The lowest BCUT2D eigenvalue weighted by atomic mass is 10.2. The second kappa shape index (κ2) is 8.08. The predicted molar refractivity (Wildman–Crippen MR) is 84.2 cm³/mol. The molecule has 0 saturated carbocycles. The Labute approximate surface area is 140 Å². The fourth-order valence-electron chi connectivity index (χ4n) is 1.02. The summed E-state index contributed by atoms with van der Waals surface area (Å²) in [5.41, 5.74) is -0.154. The summed E-state index contributed by atoms with van der Waals surface area (Å²) in [6, 6.07) is 0. The molecular weight excluding hydrogens is 372 g/mol. The highest BCUT2D eigenvalue weighted by Gasteiger charge is 2.18. The first-order valence-corrected chi connectivity index (χ1v) is 10.6. The van der Waals surface area contributed by atoms with E-state index >= 15 is 0 Å². The second-order valence-electron chi connectivity index (χ2n) is 5.42. The summed E-state index contributed by atoms with van der Waals surface area (Å²) in [5, 5.41) is 3.77. The van der Waals surface area contributed by atoms with Crippen LogP contribution in [0.25, 0.3) is 0 Å². The highest BCUT2D eigenvalue weighted by Crippen LogP contribution is 2.09. The maximum atomic E-state index is 11.6. The molecule has 23 heavy (non-hydrogen) atoms. The van der Waals surface area contributed by atoms with E-state index in [-0.39, 0.29) is 6.61 Å². The van der Waals surface area contributed by atoms with Gasteiger partial charge in [-0.1, -0.05) is 0 Å². The third kappa shape index (κ3) is 14.2. The van der Waals surface area contributed by atoms with Gasteiger partial charge in [0.1, 0.15) is 5.60 Å². The van der Waals surface area contributed by atoms with Crippen molar-refractivity contribution in [1.82, 2.24) is 9.78 Å². The summed E-state index contributed by atoms with van der Waals surface area (Å²) in [4.78, 5) is 11.6. The third-order valence-electron chi connectivity index (χ3n) is 1.66. The number of rotatable bonds is 3. The Morgan fingerprint density at radius 2 is 1.74 bits per heavy atom. The smallest absolute Gasteiger partial charge is 0.435 e. The van der Waals surface area contributed by atoms with E-state index in [1.54, 1.807) is 20.8 Å². The van der Waals surface area contributed by atoms with E-state index in [9.17, 15) is 21.6 Å². The average molecular weight is 391 g/mol. The lowest BCUT2D eigenvalue weighted by Gasteiger charge is -2.18. The zero-order valence-electron chi connectivity index (χ0n) is 13.3. The van der Waals surface area contributed by atoms with Crippen LogP contribution in [0.15, 0.2) is 12.4 Å². The summed E-state index contributed by atoms with van der Waals surface area (Å²) in [7, 11) is -2.21. The molecule has 0 radical (unpaired) electrons. The molecule has 0 fully saturated rings. The van der Waals surface area contributed by atoms with E-state index in [2.05, 4.69) is 20.0 Å². The van der Waals surface area contributed by atoms with Crippen molar-refractivity contribution in [2.45, 2.75) is 33.0 Å². The molecule has 1 rings (SSSR count). The maximum Gasteiger partial charge on any atom is 0.435 e. The predicted octanol–water partition coefficient (Wildman–Crippen LogP) is 1.33. The van der Waals surface area contributed by atoms with Crippen molar-refractivity contribution < 1.29 is 30.6 Å². The van der Waals surface area contributed by atoms with Gasteiger partial charge in [0.2, 0.25) is 9.05 Å². The Hall–Kier alpha value is -1.17. The van der Waals surface area contributed by atoms with Crippen molar-refractivity contribution >= 4 is 35.9 Å². The van der Waals surface area contributed by atoms with Crippen molar-refractivity contribution in [1.29, 1.82) is 0 Å². The summed E-state index contributed by atoms with van der Waals surface area (Å²) in [6.45, 7) is 5.05. The van der Waals surface area contributed by atoms with Gasteiger partial charge in [0.25, 0.3) is 10.1 Å². The van der Waals surface area contributed by atoms with Crippen LogP contribution in [-0.2, 0) is 34.7 Å². The molecular formula is C11H19ClN2O7S2. The van der Waals surface area contributed by atoms with Crippen molar-refractivity contribution in [3.05, 3.63) is 18.0 Å². The van der Waals surface area contributed by atoms with E-state index in [1.165, 1.54) is 12.4 Å². The Kier molecular flexibility index (Phi) is 7.67. The molecule has 0 aromatic carbocycles. The van der Waals surface area contributed by atoms with E-state index in [0.29, 0.717) is 5.56 Å². The van der Waals surface area contributed by atoms with Crippen LogP contribution < -0.4 is 0 Å². The Balaban J connectivity index is 0.000000841. The van der Waals surface area contributed by atoms with Crippen molar-refractivity contribution in [3.8, 4) is 0 Å². The molecule has 0 aliphatic carbocycles. The van der Waals surface area contributed by atoms with E-state index in [1.807, 2.05) is 0 Å². The van der Waals surface area contributed by atoms with Crippen LogP contribution in [0.1, 0.15) is 26.3 Å². The summed E-state index contributed by atoms with van der Waals surface area (Å²) in [5.74, 6) is 0. The SMILES string of the molecule is CC(C)(C)OC(=O)n1cc(COS(C)(=O)=O)cn1.CS(=O)(=O)Cl. The monoisotopic (exact) mass is 390 g/mol. The van der Waals surface area contributed by atoms with Gasteiger partial charge in [-0.2, -0.15) is 18.2 Å². The van der Waals surface area contributed by atoms with Gasteiger partial charge in [0.15, 0.2) is 0 Å². The molecule has 0 unspecified atom stereocenters. The highest BCUT2D eigenvalue weighted by atomic mass is 35.7. The molecule has 0 saturated heterocycles. The van der Waals surface area contributed by atoms with Crippen LogP contribution in [0.4, 0.5) is 4.79 Å². The molecule has 0 bridgehead atoms. The normalized spacial score (nSPS) is 12.3. The van der Waals surface area contributed by atoms with E-state index in [4.69, 9.17) is 4.74 Å².